The quantitative estimate of drug-likeness (QED) is 0.212. The predicted octanol–water partition coefficient (Wildman–Crippen LogP) is 2.76. The van der Waals surface area contributed by atoms with E-state index in [-0.39, 0.29) is 11.8 Å². The molecule has 0 saturated carbocycles. The van der Waals surface area contributed by atoms with E-state index in [1.807, 2.05) is 41.5 Å². The standard InChI is InChI=1S/C30H56N6O6/c1-29(2,3)41-27(39)35-21-9-13-23(35)25(37)33-19-11-17-31-15-7-8-16-32-18-12-20-34-26(38)24-14-10-22-36(24)28(40)42-30(4,5)6/h23-24,31-32H,7-22H2,1-6H3,(H,33,37)(H,34,38)/t23-,24-/m0/s1. The first-order valence-corrected chi connectivity index (χ1v) is 15.7. The van der Waals surface area contributed by atoms with Crippen LogP contribution in [0.15, 0.2) is 0 Å². The minimum Gasteiger partial charge on any atom is -0.444 e. The second kappa shape index (κ2) is 17.5. The van der Waals surface area contributed by atoms with E-state index in [1.165, 1.54) is 0 Å². The van der Waals surface area contributed by atoms with E-state index < -0.39 is 35.5 Å². The highest BCUT2D eigenvalue weighted by Gasteiger charge is 2.37. The van der Waals surface area contributed by atoms with Gasteiger partial charge in [0.1, 0.15) is 23.3 Å². The van der Waals surface area contributed by atoms with Crippen molar-refractivity contribution < 1.29 is 28.7 Å². The zero-order valence-electron chi connectivity index (χ0n) is 26.8. The molecule has 4 amide bonds. The Labute approximate surface area is 252 Å². The monoisotopic (exact) mass is 596 g/mol. The van der Waals surface area contributed by atoms with Crippen molar-refractivity contribution >= 4 is 24.0 Å². The average Bonchev–Trinajstić information content (AvgIpc) is 3.57. The molecule has 242 valence electrons. The Morgan fingerprint density at radius 3 is 1.31 bits per heavy atom. The number of rotatable bonds is 15. The molecule has 42 heavy (non-hydrogen) atoms. The van der Waals surface area contributed by atoms with Crippen LogP contribution in [-0.2, 0) is 19.1 Å². The molecular formula is C30H56N6O6. The SMILES string of the molecule is CC(C)(C)OC(=O)N1CCC[C@H]1C(=O)NCCCNCCCCNCCCNC(=O)[C@@H]1CCCN1C(=O)OC(C)(C)C. The predicted molar refractivity (Wildman–Crippen MR) is 162 cm³/mol. The van der Waals surface area contributed by atoms with E-state index in [0.717, 1.165) is 64.7 Å². The van der Waals surface area contributed by atoms with Crippen LogP contribution in [-0.4, -0.2) is 109 Å². The first-order chi connectivity index (χ1) is 19.8. The molecule has 4 N–H and O–H groups in total. The third-order valence-corrected chi connectivity index (χ3v) is 6.98. The fourth-order valence-corrected chi connectivity index (χ4v) is 4.99. The Bertz CT molecular complexity index is 801. The van der Waals surface area contributed by atoms with Crippen LogP contribution in [0.2, 0.25) is 0 Å². The van der Waals surface area contributed by atoms with Crippen molar-refractivity contribution in [2.45, 2.75) is 116 Å². The first-order valence-electron chi connectivity index (χ1n) is 15.7. The highest BCUT2D eigenvalue weighted by Crippen LogP contribution is 2.22. The summed E-state index contributed by atoms with van der Waals surface area (Å²) in [4.78, 5) is 53.0. The maximum atomic E-state index is 12.6. The van der Waals surface area contributed by atoms with Gasteiger partial charge in [0, 0.05) is 26.2 Å². The van der Waals surface area contributed by atoms with Crippen molar-refractivity contribution in [3.63, 3.8) is 0 Å². The van der Waals surface area contributed by atoms with E-state index in [9.17, 15) is 19.2 Å². The molecule has 2 heterocycles. The van der Waals surface area contributed by atoms with Crippen LogP contribution in [0.5, 0.6) is 0 Å². The summed E-state index contributed by atoms with van der Waals surface area (Å²) < 4.78 is 10.9. The van der Waals surface area contributed by atoms with Crippen LogP contribution in [0.25, 0.3) is 0 Å². The zero-order valence-corrected chi connectivity index (χ0v) is 26.8. The van der Waals surface area contributed by atoms with Crippen molar-refractivity contribution in [1.82, 2.24) is 31.1 Å². The lowest BCUT2D eigenvalue weighted by Crippen LogP contribution is -2.47. The second-order valence-electron chi connectivity index (χ2n) is 13.2. The molecule has 12 heteroatoms. The van der Waals surface area contributed by atoms with Gasteiger partial charge in [-0.25, -0.2) is 9.59 Å². The summed E-state index contributed by atoms with van der Waals surface area (Å²) in [6, 6.07) is -0.892. The highest BCUT2D eigenvalue weighted by molar-refractivity contribution is 5.86. The van der Waals surface area contributed by atoms with Gasteiger partial charge in [0.05, 0.1) is 0 Å². The molecule has 2 saturated heterocycles. The molecule has 2 rings (SSSR count). The van der Waals surface area contributed by atoms with Gasteiger partial charge in [-0.2, -0.15) is 0 Å². The molecule has 2 aliphatic heterocycles. The summed E-state index contributed by atoms with van der Waals surface area (Å²) in [6.45, 7) is 16.7. The number of amides is 4. The minimum atomic E-state index is -0.577. The summed E-state index contributed by atoms with van der Waals surface area (Å²) in [5, 5.41) is 12.7. The Morgan fingerprint density at radius 1 is 0.595 bits per heavy atom. The number of hydrogen-bond donors (Lipinski definition) is 4. The molecular weight excluding hydrogens is 540 g/mol. The van der Waals surface area contributed by atoms with Gasteiger partial charge < -0.3 is 30.7 Å². The van der Waals surface area contributed by atoms with E-state index >= 15 is 0 Å². The highest BCUT2D eigenvalue weighted by atomic mass is 16.6. The smallest absolute Gasteiger partial charge is 0.410 e. The summed E-state index contributed by atoms with van der Waals surface area (Å²) in [5.41, 5.74) is -1.15. The third-order valence-electron chi connectivity index (χ3n) is 6.98. The second-order valence-corrected chi connectivity index (χ2v) is 13.2. The minimum absolute atomic E-state index is 0.106. The van der Waals surface area contributed by atoms with Gasteiger partial charge in [-0.1, -0.05) is 0 Å². The van der Waals surface area contributed by atoms with Crippen LogP contribution < -0.4 is 21.3 Å². The van der Waals surface area contributed by atoms with Crippen molar-refractivity contribution in [3.05, 3.63) is 0 Å². The maximum absolute atomic E-state index is 12.6. The van der Waals surface area contributed by atoms with Gasteiger partial charge in [0.2, 0.25) is 11.8 Å². The molecule has 0 spiro atoms. The summed E-state index contributed by atoms with van der Waals surface area (Å²) in [6.07, 6.45) is 5.85. The van der Waals surface area contributed by atoms with Crippen molar-refractivity contribution in [2.75, 3.05) is 52.4 Å². The Hall–Kier alpha value is -2.60. The molecule has 0 aromatic rings. The Balaban J connectivity index is 1.43. The number of hydrogen-bond acceptors (Lipinski definition) is 8. The topological polar surface area (TPSA) is 141 Å². The van der Waals surface area contributed by atoms with E-state index in [1.54, 1.807) is 9.80 Å². The Kier molecular flexibility index (Phi) is 14.8. The molecule has 12 nitrogen and oxygen atoms in total. The number of likely N-dealkylation sites (tertiary alicyclic amines) is 2. The molecule has 0 aliphatic carbocycles. The number of nitrogens with one attached hydrogen (secondary N) is 4. The van der Waals surface area contributed by atoms with Crippen molar-refractivity contribution in [3.8, 4) is 0 Å². The normalized spacial score (nSPS) is 19.1. The third kappa shape index (κ3) is 13.6. The van der Waals surface area contributed by atoms with Crippen LogP contribution >= 0.6 is 0 Å². The van der Waals surface area contributed by atoms with Gasteiger partial charge in [-0.15, -0.1) is 0 Å². The van der Waals surface area contributed by atoms with Gasteiger partial charge in [-0.3, -0.25) is 19.4 Å². The summed E-state index contributed by atoms with van der Waals surface area (Å²) >= 11 is 0. The Morgan fingerprint density at radius 2 is 0.952 bits per heavy atom. The van der Waals surface area contributed by atoms with Gasteiger partial charge in [0.25, 0.3) is 0 Å². The van der Waals surface area contributed by atoms with Gasteiger partial charge in [-0.05, 0) is 119 Å². The molecule has 2 aliphatic rings. The van der Waals surface area contributed by atoms with Gasteiger partial charge in [0.15, 0.2) is 0 Å². The molecule has 0 aromatic carbocycles. The van der Waals surface area contributed by atoms with E-state index in [2.05, 4.69) is 21.3 Å². The zero-order chi connectivity index (χ0) is 31.2. The van der Waals surface area contributed by atoms with E-state index in [4.69, 9.17) is 9.47 Å². The molecule has 0 bridgehead atoms. The van der Waals surface area contributed by atoms with Crippen LogP contribution in [0.4, 0.5) is 9.59 Å². The van der Waals surface area contributed by atoms with Crippen LogP contribution in [0.3, 0.4) is 0 Å². The number of ether oxygens (including phenoxy) is 2. The van der Waals surface area contributed by atoms with Gasteiger partial charge >= 0.3 is 12.2 Å². The molecule has 2 fully saturated rings. The summed E-state index contributed by atoms with van der Waals surface area (Å²) in [7, 11) is 0. The number of unbranched alkanes of at least 4 members (excludes halogenated alkanes) is 1. The summed E-state index contributed by atoms with van der Waals surface area (Å²) in [5.74, 6) is -0.212. The van der Waals surface area contributed by atoms with Crippen molar-refractivity contribution in [2.24, 2.45) is 0 Å². The lowest BCUT2D eigenvalue weighted by molar-refractivity contribution is -0.126. The maximum Gasteiger partial charge on any atom is 0.410 e. The van der Waals surface area contributed by atoms with E-state index in [0.29, 0.717) is 39.0 Å². The van der Waals surface area contributed by atoms with Crippen molar-refractivity contribution in [1.29, 1.82) is 0 Å². The lowest BCUT2D eigenvalue weighted by atomic mass is 10.2. The molecule has 0 aromatic heterocycles. The average molecular weight is 597 g/mol. The number of carbonyl (C=O) groups is 4. The lowest BCUT2D eigenvalue weighted by Gasteiger charge is -2.28. The molecule has 0 unspecified atom stereocenters. The molecule has 0 radical (unpaired) electrons. The number of carbonyl (C=O) groups excluding carboxylic acids is 4. The molecule has 2 atom stereocenters. The fourth-order valence-electron chi connectivity index (χ4n) is 4.99. The van der Waals surface area contributed by atoms with Crippen LogP contribution in [0, 0.1) is 0 Å². The fraction of sp³-hybridized carbons (Fsp3) is 0.867. The largest absolute Gasteiger partial charge is 0.444 e. The van der Waals surface area contributed by atoms with Crippen LogP contribution in [0.1, 0.15) is 92.9 Å². The first kappa shape index (κ1) is 35.6. The number of nitrogens with zero attached hydrogens (tertiary/aromatic N) is 2.